The van der Waals surface area contributed by atoms with Crippen LogP contribution in [0.5, 0.6) is 0 Å². The Balaban J connectivity index is 2.87. The third-order valence-electron chi connectivity index (χ3n) is 4.53. The molecular weight excluding hydrogens is 341 g/mol. The lowest BCUT2D eigenvalue weighted by atomic mass is 9.94. The van der Waals surface area contributed by atoms with Crippen molar-refractivity contribution < 1.29 is 24.0 Å². The molecule has 0 aromatic carbocycles. The number of carbonyl (C=O) groups is 3. The first-order valence-corrected chi connectivity index (χ1v) is 9.28. The number of alkyl halides is 1. The maximum Gasteiger partial charge on any atom is 0.278 e. The summed E-state index contributed by atoms with van der Waals surface area (Å²) in [7, 11) is 0. The molecule has 0 aromatic heterocycles. The Morgan fingerprint density at radius 3 is 2.50 bits per heavy atom. The highest BCUT2D eigenvalue weighted by molar-refractivity contribution is 5.92. The lowest BCUT2D eigenvalue weighted by Gasteiger charge is -2.30. The molecule has 0 aliphatic carbocycles. The maximum absolute atomic E-state index is 14.4. The van der Waals surface area contributed by atoms with Gasteiger partial charge in [0.1, 0.15) is 6.04 Å². The van der Waals surface area contributed by atoms with E-state index in [2.05, 4.69) is 5.32 Å². The van der Waals surface area contributed by atoms with E-state index < -0.39 is 29.9 Å². The quantitative estimate of drug-likeness (QED) is 0.446. The minimum absolute atomic E-state index is 0.0873. The number of nitrogens with zero attached hydrogens (tertiary/aromatic N) is 1. The predicted molar refractivity (Wildman–Crippen MR) is 95.0 cm³/mol. The molecule has 3 amide bonds. The van der Waals surface area contributed by atoms with Crippen LogP contribution in [0, 0.1) is 11.3 Å². The summed E-state index contributed by atoms with van der Waals surface area (Å²) in [6, 6.07) is -0.640. The van der Waals surface area contributed by atoms with Gasteiger partial charge in [-0.05, 0) is 24.7 Å². The Morgan fingerprint density at radius 1 is 1.31 bits per heavy atom. The molecule has 0 saturated carbocycles. The van der Waals surface area contributed by atoms with E-state index >= 15 is 0 Å². The summed E-state index contributed by atoms with van der Waals surface area (Å²) < 4.78 is 14.4. The van der Waals surface area contributed by atoms with Crippen molar-refractivity contribution in [1.82, 2.24) is 15.7 Å². The molecule has 1 fully saturated rings. The molecule has 150 valence electrons. The molecule has 1 unspecified atom stereocenters. The highest BCUT2D eigenvalue weighted by atomic mass is 19.1. The fourth-order valence-corrected chi connectivity index (χ4v) is 3.05. The van der Waals surface area contributed by atoms with Crippen LogP contribution in [0.25, 0.3) is 0 Å². The molecule has 1 saturated heterocycles. The van der Waals surface area contributed by atoms with E-state index in [1.165, 1.54) is 10.4 Å². The van der Waals surface area contributed by atoms with Gasteiger partial charge in [0.25, 0.3) is 5.91 Å². The van der Waals surface area contributed by atoms with Crippen molar-refractivity contribution in [2.24, 2.45) is 11.3 Å². The van der Waals surface area contributed by atoms with Crippen molar-refractivity contribution >= 4 is 17.7 Å². The summed E-state index contributed by atoms with van der Waals surface area (Å²) in [5.41, 5.74) is 1.19. The lowest BCUT2D eigenvalue weighted by Crippen LogP contribution is -2.51. The van der Waals surface area contributed by atoms with Gasteiger partial charge in [0, 0.05) is 13.1 Å². The molecule has 1 aliphatic heterocycles. The van der Waals surface area contributed by atoms with Gasteiger partial charge in [-0.3, -0.25) is 19.6 Å². The van der Waals surface area contributed by atoms with Gasteiger partial charge in [0.2, 0.25) is 11.8 Å². The van der Waals surface area contributed by atoms with Crippen LogP contribution in [0.15, 0.2) is 0 Å². The smallest absolute Gasteiger partial charge is 0.278 e. The fourth-order valence-electron chi connectivity index (χ4n) is 3.05. The summed E-state index contributed by atoms with van der Waals surface area (Å²) in [5, 5.41) is 11.5. The predicted octanol–water partition coefficient (Wildman–Crippen LogP) is 1.79. The van der Waals surface area contributed by atoms with Crippen molar-refractivity contribution in [2.75, 3.05) is 13.1 Å². The summed E-state index contributed by atoms with van der Waals surface area (Å²) in [6.07, 6.45) is 0.542. The zero-order valence-electron chi connectivity index (χ0n) is 16.2. The van der Waals surface area contributed by atoms with E-state index in [1.54, 1.807) is 0 Å². The van der Waals surface area contributed by atoms with Gasteiger partial charge in [0.05, 0.1) is 5.92 Å². The molecule has 0 aromatic rings. The minimum Gasteiger partial charge on any atom is -0.354 e. The molecule has 26 heavy (non-hydrogen) atoms. The van der Waals surface area contributed by atoms with Gasteiger partial charge in [-0.25, -0.2) is 9.87 Å². The summed E-state index contributed by atoms with van der Waals surface area (Å²) in [6.45, 7) is 8.72. The summed E-state index contributed by atoms with van der Waals surface area (Å²) in [5.74, 6) is -3.21. The number of hydrogen-bond acceptors (Lipinski definition) is 4. The van der Waals surface area contributed by atoms with Crippen molar-refractivity contribution in [3.8, 4) is 0 Å². The first-order valence-electron chi connectivity index (χ1n) is 9.28. The van der Waals surface area contributed by atoms with Crippen LogP contribution in [0.3, 0.4) is 0 Å². The second-order valence-corrected chi connectivity index (χ2v) is 8.09. The van der Waals surface area contributed by atoms with Gasteiger partial charge >= 0.3 is 0 Å². The fraction of sp³-hybridized carbons (Fsp3) is 0.833. The van der Waals surface area contributed by atoms with Crippen LogP contribution in [-0.2, 0) is 14.4 Å². The molecule has 0 radical (unpaired) electrons. The highest BCUT2D eigenvalue weighted by Gasteiger charge is 2.41. The molecule has 8 heteroatoms. The molecular formula is C18H32FN3O4. The molecule has 0 bridgehead atoms. The van der Waals surface area contributed by atoms with Crippen LogP contribution in [0.4, 0.5) is 4.39 Å². The first kappa shape index (κ1) is 22.3. The van der Waals surface area contributed by atoms with Crippen LogP contribution in [0.1, 0.15) is 59.8 Å². The van der Waals surface area contributed by atoms with Crippen molar-refractivity contribution in [3.63, 3.8) is 0 Å². The Bertz CT molecular complexity index is 507. The number of halogens is 1. The number of likely N-dealkylation sites (tertiary alicyclic amines) is 1. The average Bonchev–Trinajstić information content (AvgIpc) is 3.07. The van der Waals surface area contributed by atoms with Crippen LogP contribution >= 0.6 is 0 Å². The molecule has 3 atom stereocenters. The third kappa shape index (κ3) is 6.23. The van der Waals surface area contributed by atoms with Crippen LogP contribution in [-0.4, -0.2) is 53.1 Å². The van der Waals surface area contributed by atoms with E-state index in [1.807, 2.05) is 27.7 Å². The number of hydroxylamine groups is 1. The van der Waals surface area contributed by atoms with E-state index in [0.717, 1.165) is 6.42 Å². The normalized spacial score (nSPS) is 19.8. The van der Waals surface area contributed by atoms with Crippen molar-refractivity contribution in [1.29, 1.82) is 0 Å². The van der Waals surface area contributed by atoms with Crippen molar-refractivity contribution in [2.45, 2.75) is 72.0 Å². The van der Waals surface area contributed by atoms with Crippen molar-refractivity contribution in [3.05, 3.63) is 0 Å². The maximum atomic E-state index is 14.4. The van der Waals surface area contributed by atoms with Gasteiger partial charge in [0.15, 0.2) is 6.17 Å². The number of nitrogens with one attached hydrogen (secondary N) is 2. The molecule has 1 aliphatic rings. The molecule has 3 N–H and O–H groups in total. The Kier molecular flexibility index (Phi) is 8.46. The molecule has 7 nitrogen and oxygen atoms in total. The second kappa shape index (κ2) is 9.85. The number of hydrogen-bond donors (Lipinski definition) is 3. The Labute approximate surface area is 154 Å². The Hall–Kier alpha value is -1.70. The first-order chi connectivity index (χ1) is 12.1. The topological polar surface area (TPSA) is 98.7 Å². The standard InChI is InChI=1S/C18H32FN3O4/c1-5-6-8-12(14(19)16(24)21-26)17(25)22-10-7-9-13(22)15(23)20-11-18(2,3)4/h12-14,26H,5-11H2,1-4H3,(H,20,23)(H,21,24)/t12-,13?,14+/m1/s1. The van der Waals surface area contributed by atoms with E-state index in [9.17, 15) is 18.8 Å². The average molecular weight is 373 g/mol. The third-order valence-corrected chi connectivity index (χ3v) is 4.53. The largest absolute Gasteiger partial charge is 0.354 e. The number of unbranched alkanes of at least 4 members (excludes halogenated alkanes) is 1. The van der Waals surface area contributed by atoms with Gasteiger partial charge < -0.3 is 10.2 Å². The minimum atomic E-state index is -2.14. The van der Waals surface area contributed by atoms with Gasteiger partial charge in [-0.15, -0.1) is 0 Å². The SMILES string of the molecule is CCCC[C@@H](C(=O)N1CCCC1C(=O)NCC(C)(C)C)[C@H](F)C(=O)NO. The zero-order chi connectivity index (χ0) is 19.9. The van der Waals surface area contributed by atoms with Crippen LogP contribution < -0.4 is 10.8 Å². The summed E-state index contributed by atoms with van der Waals surface area (Å²) in [4.78, 5) is 38.2. The molecule has 1 heterocycles. The molecule has 0 spiro atoms. The van der Waals surface area contributed by atoms with E-state index in [4.69, 9.17) is 5.21 Å². The summed E-state index contributed by atoms with van der Waals surface area (Å²) >= 11 is 0. The zero-order valence-corrected chi connectivity index (χ0v) is 16.2. The van der Waals surface area contributed by atoms with Gasteiger partial charge in [-0.1, -0.05) is 40.5 Å². The van der Waals surface area contributed by atoms with Crippen LogP contribution in [0.2, 0.25) is 0 Å². The monoisotopic (exact) mass is 373 g/mol. The van der Waals surface area contributed by atoms with Gasteiger partial charge in [-0.2, -0.15) is 0 Å². The highest BCUT2D eigenvalue weighted by Crippen LogP contribution is 2.26. The number of carbonyl (C=O) groups excluding carboxylic acids is 3. The van der Waals surface area contributed by atoms with E-state index in [-0.39, 0.29) is 17.7 Å². The number of amides is 3. The Morgan fingerprint density at radius 2 is 1.96 bits per heavy atom. The van der Waals surface area contributed by atoms with E-state index in [0.29, 0.717) is 32.4 Å². The second-order valence-electron chi connectivity index (χ2n) is 8.09. The molecule has 1 rings (SSSR count). The number of rotatable bonds is 8. The lowest BCUT2D eigenvalue weighted by molar-refractivity contribution is -0.149.